The minimum absolute atomic E-state index is 0.0785. The molecule has 11 heteroatoms. The number of methoxy groups -OCH3 is 2. The Kier molecular flexibility index (Phi) is 7.86. The first-order valence-electron chi connectivity index (χ1n) is 11.7. The number of aromatic nitrogens is 2. The SMILES string of the molecule is COC(=O)COc1c(/C=C/C(=O)N2N=Cc3ccccc3C2C)cc(Cc2cnc(N)nc2N)cc1OC. The number of nitrogen functional groups attached to an aromatic ring is 2. The maximum absolute atomic E-state index is 13.2. The van der Waals surface area contributed by atoms with E-state index in [1.54, 1.807) is 30.6 Å². The highest BCUT2D eigenvalue weighted by Gasteiger charge is 2.24. The fourth-order valence-electron chi connectivity index (χ4n) is 4.05. The largest absolute Gasteiger partial charge is 0.493 e. The summed E-state index contributed by atoms with van der Waals surface area (Å²) in [4.78, 5) is 32.9. The van der Waals surface area contributed by atoms with Gasteiger partial charge in [-0.1, -0.05) is 24.3 Å². The summed E-state index contributed by atoms with van der Waals surface area (Å²) < 4.78 is 16.0. The Bertz CT molecular complexity index is 1420. The van der Waals surface area contributed by atoms with Gasteiger partial charge in [0.25, 0.3) is 5.91 Å². The number of nitrogens with zero attached hydrogens (tertiary/aromatic N) is 4. The summed E-state index contributed by atoms with van der Waals surface area (Å²) in [7, 11) is 2.74. The van der Waals surface area contributed by atoms with Crippen molar-refractivity contribution in [1.29, 1.82) is 0 Å². The summed E-state index contributed by atoms with van der Waals surface area (Å²) in [6.45, 7) is 1.57. The molecule has 3 aromatic rings. The van der Waals surface area contributed by atoms with Crippen LogP contribution in [0.25, 0.3) is 6.08 Å². The second-order valence-corrected chi connectivity index (χ2v) is 8.46. The van der Waals surface area contributed by atoms with Crippen molar-refractivity contribution in [2.75, 3.05) is 32.3 Å². The van der Waals surface area contributed by atoms with E-state index in [4.69, 9.17) is 25.7 Å². The minimum atomic E-state index is -0.566. The van der Waals surface area contributed by atoms with Gasteiger partial charge in [-0.2, -0.15) is 10.1 Å². The van der Waals surface area contributed by atoms with E-state index in [9.17, 15) is 9.59 Å². The van der Waals surface area contributed by atoms with Crippen LogP contribution in [0.4, 0.5) is 11.8 Å². The summed E-state index contributed by atoms with van der Waals surface area (Å²) in [6, 6.07) is 11.1. The lowest BCUT2D eigenvalue weighted by molar-refractivity contribution is -0.143. The highest BCUT2D eigenvalue weighted by Crippen LogP contribution is 2.35. The molecule has 196 valence electrons. The molecule has 1 aliphatic heterocycles. The molecule has 2 heterocycles. The van der Waals surface area contributed by atoms with Crippen LogP contribution in [-0.4, -0.2) is 53.9 Å². The molecule has 1 amide bonds. The van der Waals surface area contributed by atoms with Crippen LogP contribution in [0.3, 0.4) is 0 Å². The Labute approximate surface area is 219 Å². The quantitative estimate of drug-likeness (QED) is 0.339. The lowest BCUT2D eigenvalue weighted by atomic mass is 10.00. The van der Waals surface area contributed by atoms with Crippen LogP contribution >= 0.6 is 0 Å². The summed E-state index contributed by atoms with van der Waals surface area (Å²) >= 11 is 0. The van der Waals surface area contributed by atoms with Crippen LogP contribution in [0.5, 0.6) is 11.5 Å². The molecule has 0 bridgehead atoms. The van der Waals surface area contributed by atoms with Crippen molar-refractivity contribution in [3.63, 3.8) is 0 Å². The van der Waals surface area contributed by atoms with Crippen LogP contribution in [0.15, 0.2) is 53.8 Å². The maximum atomic E-state index is 13.2. The zero-order valence-corrected chi connectivity index (χ0v) is 21.2. The van der Waals surface area contributed by atoms with Gasteiger partial charge in [0.05, 0.1) is 26.5 Å². The molecule has 0 saturated heterocycles. The van der Waals surface area contributed by atoms with Gasteiger partial charge in [0.1, 0.15) is 5.82 Å². The maximum Gasteiger partial charge on any atom is 0.343 e. The third-order valence-electron chi connectivity index (χ3n) is 6.00. The Hall–Kier alpha value is -4.93. The molecular weight excluding hydrogens is 488 g/mol. The van der Waals surface area contributed by atoms with E-state index in [0.29, 0.717) is 23.3 Å². The number of hydrazone groups is 1. The lowest BCUT2D eigenvalue weighted by Gasteiger charge is -2.28. The first-order valence-corrected chi connectivity index (χ1v) is 11.7. The molecule has 0 spiro atoms. The summed E-state index contributed by atoms with van der Waals surface area (Å²) in [6.07, 6.45) is 6.56. The number of carbonyl (C=O) groups excluding carboxylic acids is 2. The number of nitrogens with two attached hydrogens (primary N) is 2. The first-order chi connectivity index (χ1) is 18.3. The van der Waals surface area contributed by atoms with Gasteiger partial charge in [-0.05, 0) is 41.8 Å². The van der Waals surface area contributed by atoms with Gasteiger partial charge < -0.3 is 25.7 Å². The van der Waals surface area contributed by atoms with E-state index in [2.05, 4.69) is 15.1 Å². The lowest BCUT2D eigenvalue weighted by Crippen LogP contribution is -2.30. The zero-order chi connectivity index (χ0) is 27.2. The molecule has 0 aliphatic carbocycles. The number of amides is 1. The van der Waals surface area contributed by atoms with Crippen LogP contribution in [0.1, 0.15) is 40.8 Å². The fourth-order valence-corrected chi connectivity index (χ4v) is 4.05. The molecule has 0 fully saturated rings. The van der Waals surface area contributed by atoms with Gasteiger partial charge in [0.2, 0.25) is 5.95 Å². The number of rotatable bonds is 8. The molecule has 38 heavy (non-hydrogen) atoms. The molecule has 1 aromatic heterocycles. The van der Waals surface area contributed by atoms with Crippen molar-refractivity contribution < 1.29 is 23.8 Å². The van der Waals surface area contributed by atoms with Crippen LogP contribution in [-0.2, 0) is 20.7 Å². The molecule has 0 radical (unpaired) electrons. The molecule has 0 saturated carbocycles. The van der Waals surface area contributed by atoms with Crippen molar-refractivity contribution >= 4 is 35.9 Å². The molecule has 11 nitrogen and oxygen atoms in total. The molecule has 4 rings (SSSR count). The second kappa shape index (κ2) is 11.4. The number of carbonyl (C=O) groups is 2. The number of benzene rings is 2. The van der Waals surface area contributed by atoms with Gasteiger partial charge in [-0.25, -0.2) is 14.8 Å². The van der Waals surface area contributed by atoms with Crippen molar-refractivity contribution in [3.8, 4) is 11.5 Å². The van der Waals surface area contributed by atoms with Crippen molar-refractivity contribution in [2.45, 2.75) is 19.4 Å². The van der Waals surface area contributed by atoms with Gasteiger partial charge in [-0.3, -0.25) is 4.79 Å². The summed E-state index contributed by atoms with van der Waals surface area (Å²) in [5.74, 6) is 0.0630. The van der Waals surface area contributed by atoms with Gasteiger partial charge in [0.15, 0.2) is 18.1 Å². The van der Waals surface area contributed by atoms with Crippen molar-refractivity contribution in [2.24, 2.45) is 5.10 Å². The van der Waals surface area contributed by atoms with Gasteiger partial charge >= 0.3 is 5.97 Å². The Balaban J connectivity index is 1.67. The normalized spacial score (nSPS) is 14.3. The highest BCUT2D eigenvalue weighted by molar-refractivity contribution is 5.95. The van der Waals surface area contributed by atoms with Gasteiger partial charge in [0, 0.05) is 29.8 Å². The molecule has 4 N–H and O–H groups in total. The molecule has 1 atom stereocenters. The standard InChI is InChI=1S/C27H28N6O5/c1-16-21-7-5-4-6-19(21)14-31-33(16)23(34)9-8-18-10-17(11-20-13-30-27(29)32-26(20)28)12-22(36-2)25(18)38-15-24(35)37-3/h4-10,12-14,16H,11,15H2,1-3H3,(H4,28,29,30,32)/b9-8+. The molecule has 2 aromatic carbocycles. The second-order valence-electron chi connectivity index (χ2n) is 8.46. The van der Waals surface area contributed by atoms with E-state index in [-0.39, 0.29) is 36.1 Å². The third kappa shape index (κ3) is 5.72. The fraction of sp³-hybridized carbons (Fsp3) is 0.222. The topological polar surface area (TPSA) is 155 Å². The number of hydrogen-bond donors (Lipinski definition) is 2. The Morgan fingerprint density at radius 1 is 1.16 bits per heavy atom. The summed E-state index contributed by atoms with van der Waals surface area (Å²) in [5, 5.41) is 5.74. The van der Waals surface area contributed by atoms with E-state index in [1.165, 1.54) is 25.3 Å². The third-order valence-corrected chi connectivity index (χ3v) is 6.00. The Morgan fingerprint density at radius 2 is 1.95 bits per heavy atom. The van der Waals surface area contributed by atoms with Crippen LogP contribution in [0, 0.1) is 0 Å². The van der Waals surface area contributed by atoms with E-state index >= 15 is 0 Å². The number of anilines is 2. The number of hydrogen-bond acceptors (Lipinski definition) is 10. The predicted octanol–water partition coefficient (Wildman–Crippen LogP) is 2.74. The molecule has 1 unspecified atom stereocenters. The molecule has 1 aliphatic rings. The molecular formula is C27H28N6O5. The smallest absolute Gasteiger partial charge is 0.343 e. The average Bonchev–Trinajstić information content (AvgIpc) is 2.92. The van der Waals surface area contributed by atoms with Crippen LogP contribution < -0.4 is 20.9 Å². The van der Waals surface area contributed by atoms with E-state index in [1.807, 2.05) is 31.2 Å². The van der Waals surface area contributed by atoms with Crippen molar-refractivity contribution in [3.05, 3.63) is 76.5 Å². The Morgan fingerprint density at radius 3 is 2.68 bits per heavy atom. The van der Waals surface area contributed by atoms with Gasteiger partial charge in [-0.15, -0.1) is 0 Å². The number of fused-ring (bicyclic) bond motifs is 1. The number of esters is 1. The van der Waals surface area contributed by atoms with Crippen LogP contribution in [0.2, 0.25) is 0 Å². The van der Waals surface area contributed by atoms with Crippen molar-refractivity contribution in [1.82, 2.24) is 15.0 Å². The monoisotopic (exact) mass is 516 g/mol. The van der Waals surface area contributed by atoms with E-state index in [0.717, 1.165) is 16.7 Å². The first kappa shape index (κ1) is 26.1. The highest BCUT2D eigenvalue weighted by atomic mass is 16.6. The average molecular weight is 517 g/mol. The predicted molar refractivity (Wildman–Crippen MR) is 142 cm³/mol. The summed E-state index contributed by atoms with van der Waals surface area (Å²) in [5.41, 5.74) is 15.5. The number of ether oxygens (including phenoxy) is 3. The zero-order valence-electron chi connectivity index (χ0n) is 21.2. The minimum Gasteiger partial charge on any atom is -0.493 e. The van der Waals surface area contributed by atoms with E-state index < -0.39 is 5.97 Å².